The molecule has 3 N–H and O–H groups in total. The molecule has 0 aromatic carbocycles. The van der Waals surface area contributed by atoms with Crippen LogP contribution < -0.4 is 10.6 Å². The lowest BCUT2D eigenvalue weighted by molar-refractivity contribution is -0.137. The van der Waals surface area contributed by atoms with Gasteiger partial charge in [-0.2, -0.15) is 0 Å². The minimum atomic E-state index is -0.845. The Bertz CT molecular complexity index is 264. The van der Waals surface area contributed by atoms with Crippen molar-refractivity contribution in [3.05, 3.63) is 0 Å². The molecule has 2 unspecified atom stereocenters. The van der Waals surface area contributed by atoms with Crippen molar-refractivity contribution in [1.82, 2.24) is 10.6 Å². The first-order chi connectivity index (χ1) is 8.08. The smallest absolute Gasteiger partial charge is 0.315 e. The number of hydrogen-bond donors (Lipinski definition) is 3. The molecule has 6 nitrogen and oxygen atoms in total. The predicted molar refractivity (Wildman–Crippen MR) is 61.8 cm³/mol. The van der Waals surface area contributed by atoms with Gasteiger partial charge in [0.05, 0.1) is 6.61 Å². The lowest BCUT2D eigenvalue weighted by Crippen LogP contribution is -2.42. The zero-order chi connectivity index (χ0) is 12.7. The SMILES string of the molecule is CC(CCC(=O)O)NC(=O)NCC1CCOC1. The van der Waals surface area contributed by atoms with Gasteiger partial charge in [-0.05, 0) is 19.8 Å². The normalized spacial score (nSPS) is 20.9. The van der Waals surface area contributed by atoms with Crippen molar-refractivity contribution in [2.75, 3.05) is 19.8 Å². The Labute approximate surface area is 101 Å². The molecule has 0 saturated carbocycles. The van der Waals surface area contributed by atoms with Gasteiger partial charge in [0.15, 0.2) is 0 Å². The number of amides is 2. The molecule has 0 aromatic rings. The Morgan fingerprint density at radius 2 is 2.29 bits per heavy atom. The molecule has 0 radical (unpaired) electrons. The fraction of sp³-hybridized carbons (Fsp3) is 0.818. The Hall–Kier alpha value is -1.30. The van der Waals surface area contributed by atoms with E-state index in [1.807, 2.05) is 0 Å². The van der Waals surface area contributed by atoms with Crippen LogP contribution in [0, 0.1) is 5.92 Å². The van der Waals surface area contributed by atoms with Crippen molar-refractivity contribution >= 4 is 12.0 Å². The van der Waals surface area contributed by atoms with Gasteiger partial charge < -0.3 is 20.5 Å². The van der Waals surface area contributed by atoms with E-state index in [-0.39, 0.29) is 18.5 Å². The highest BCUT2D eigenvalue weighted by Gasteiger charge is 2.16. The fourth-order valence-corrected chi connectivity index (χ4v) is 1.67. The molecule has 1 aliphatic rings. The molecule has 2 amide bonds. The summed E-state index contributed by atoms with van der Waals surface area (Å²) in [5, 5.41) is 14.0. The molecule has 0 bridgehead atoms. The molecule has 1 fully saturated rings. The van der Waals surface area contributed by atoms with Gasteiger partial charge in [0.25, 0.3) is 0 Å². The molecule has 0 aliphatic carbocycles. The number of ether oxygens (including phenoxy) is 1. The monoisotopic (exact) mass is 244 g/mol. The van der Waals surface area contributed by atoms with Crippen molar-refractivity contribution in [3.8, 4) is 0 Å². The molecule has 17 heavy (non-hydrogen) atoms. The van der Waals surface area contributed by atoms with Gasteiger partial charge in [-0.3, -0.25) is 4.79 Å². The number of carbonyl (C=O) groups is 2. The maximum absolute atomic E-state index is 11.4. The molecule has 0 aromatic heterocycles. The molecular formula is C11H20N2O4. The molecule has 1 rings (SSSR count). The number of rotatable bonds is 6. The maximum Gasteiger partial charge on any atom is 0.315 e. The molecule has 0 spiro atoms. The summed E-state index contributed by atoms with van der Waals surface area (Å²) >= 11 is 0. The van der Waals surface area contributed by atoms with Gasteiger partial charge in [0.2, 0.25) is 0 Å². The number of carbonyl (C=O) groups excluding carboxylic acids is 1. The van der Waals surface area contributed by atoms with Crippen molar-refractivity contribution in [3.63, 3.8) is 0 Å². The van der Waals surface area contributed by atoms with Gasteiger partial charge in [0.1, 0.15) is 0 Å². The van der Waals surface area contributed by atoms with E-state index >= 15 is 0 Å². The quantitative estimate of drug-likeness (QED) is 0.637. The highest BCUT2D eigenvalue weighted by molar-refractivity contribution is 5.74. The Balaban J connectivity index is 2.08. The number of hydrogen-bond acceptors (Lipinski definition) is 3. The average molecular weight is 244 g/mol. The van der Waals surface area contributed by atoms with Crippen molar-refractivity contribution < 1.29 is 19.4 Å². The molecule has 1 saturated heterocycles. The van der Waals surface area contributed by atoms with E-state index in [1.165, 1.54) is 0 Å². The van der Waals surface area contributed by atoms with Gasteiger partial charge in [-0.25, -0.2) is 4.79 Å². The summed E-state index contributed by atoms with van der Waals surface area (Å²) in [6.45, 7) is 3.87. The summed E-state index contributed by atoms with van der Waals surface area (Å²) < 4.78 is 5.20. The summed E-state index contributed by atoms with van der Waals surface area (Å²) in [4.78, 5) is 21.8. The van der Waals surface area contributed by atoms with Gasteiger partial charge in [-0.15, -0.1) is 0 Å². The van der Waals surface area contributed by atoms with Crippen LogP contribution in [0.15, 0.2) is 0 Å². The third-order valence-electron chi connectivity index (χ3n) is 2.74. The topological polar surface area (TPSA) is 87.7 Å². The Morgan fingerprint density at radius 3 is 2.88 bits per heavy atom. The van der Waals surface area contributed by atoms with E-state index in [1.54, 1.807) is 6.92 Å². The van der Waals surface area contributed by atoms with Crippen molar-refractivity contribution in [1.29, 1.82) is 0 Å². The summed E-state index contributed by atoms with van der Waals surface area (Å²) in [5.41, 5.74) is 0. The van der Waals surface area contributed by atoms with Gasteiger partial charge in [-0.1, -0.05) is 0 Å². The molecular weight excluding hydrogens is 224 g/mol. The number of urea groups is 1. The van der Waals surface area contributed by atoms with E-state index < -0.39 is 5.97 Å². The summed E-state index contributed by atoms with van der Waals surface area (Å²) in [5.74, 6) is -0.447. The van der Waals surface area contributed by atoms with E-state index in [0.29, 0.717) is 25.5 Å². The summed E-state index contributed by atoms with van der Waals surface area (Å²) in [6.07, 6.45) is 1.49. The minimum Gasteiger partial charge on any atom is -0.481 e. The van der Waals surface area contributed by atoms with Crippen LogP contribution in [0.4, 0.5) is 4.79 Å². The second-order valence-electron chi connectivity index (χ2n) is 4.42. The lowest BCUT2D eigenvalue weighted by atomic mass is 10.1. The maximum atomic E-state index is 11.4. The Kier molecular flexibility index (Phi) is 5.76. The van der Waals surface area contributed by atoms with Crippen LogP contribution in [0.5, 0.6) is 0 Å². The van der Waals surface area contributed by atoms with Crippen LogP contribution in [0.3, 0.4) is 0 Å². The highest BCUT2D eigenvalue weighted by atomic mass is 16.5. The van der Waals surface area contributed by atoms with Crippen LogP contribution >= 0.6 is 0 Å². The lowest BCUT2D eigenvalue weighted by Gasteiger charge is -2.15. The van der Waals surface area contributed by atoms with E-state index in [9.17, 15) is 9.59 Å². The largest absolute Gasteiger partial charge is 0.481 e. The van der Waals surface area contributed by atoms with Gasteiger partial charge >= 0.3 is 12.0 Å². The first-order valence-corrected chi connectivity index (χ1v) is 5.92. The van der Waals surface area contributed by atoms with Crippen LogP contribution in [0.1, 0.15) is 26.2 Å². The molecule has 1 heterocycles. The van der Waals surface area contributed by atoms with E-state index in [4.69, 9.17) is 9.84 Å². The van der Waals surface area contributed by atoms with Crippen molar-refractivity contribution in [2.24, 2.45) is 5.92 Å². The zero-order valence-corrected chi connectivity index (χ0v) is 10.1. The van der Waals surface area contributed by atoms with Crippen LogP contribution in [0.2, 0.25) is 0 Å². The molecule has 98 valence electrons. The predicted octanol–water partition coefficient (Wildman–Crippen LogP) is 0.575. The van der Waals surface area contributed by atoms with E-state index in [0.717, 1.165) is 13.0 Å². The zero-order valence-electron chi connectivity index (χ0n) is 10.1. The molecule has 6 heteroatoms. The third kappa shape index (κ3) is 6.11. The summed E-state index contributed by atoms with van der Waals surface area (Å²) in [6, 6.07) is -0.374. The number of aliphatic carboxylic acids is 1. The minimum absolute atomic E-state index is 0.0674. The summed E-state index contributed by atoms with van der Waals surface area (Å²) in [7, 11) is 0. The standard InChI is InChI=1S/C11H20N2O4/c1-8(2-3-10(14)15)13-11(16)12-6-9-4-5-17-7-9/h8-9H,2-7H2,1H3,(H,14,15)(H2,12,13,16). The molecule has 2 atom stereocenters. The number of carboxylic acid groups (broad SMARTS) is 1. The second kappa shape index (κ2) is 7.11. The van der Waals surface area contributed by atoms with Crippen LogP contribution in [0.25, 0.3) is 0 Å². The first kappa shape index (κ1) is 13.8. The third-order valence-corrected chi connectivity index (χ3v) is 2.74. The number of nitrogens with one attached hydrogen (secondary N) is 2. The Morgan fingerprint density at radius 1 is 1.53 bits per heavy atom. The van der Waals surface area contributed by atoms with E-state index in [2.05, 4.69) is 10.6 Å². The highest BCUT2D eigenvalue weighted by Crippen LogP contribution is 2.10. The number of carboxylic acids is 1. The first-order valence-electron chi connectivity index (χ1n) is 5.92. The van der Waals surface area contributed by atoms with Gasteiger partial charge in [0, 0.05) is 31.5 Å². The van der Waals surface area contributed by atoms with Crippen molar-refractivity contribution in [2.45, 2.75) is 32.2 Å². The van der Waals surface area contributed by atoms with Crippen LogP contribution in [-0.4, -0.2) is 42.9 Å². The average Bonchev–Trinajstić information content (AvgIpc) is 2.76. The van der Waals surface area contributed by atoms with Crippen LogP contribution in [-0.2, 0) is 9.53 Å². The second-order valence-corrected chi connectivity index (χ2v) is 4.42. The molecule has 1 aliphatic heterocycles. The fourth-order valence-electron chi connectivity index (χ4n) is 1.67.